The van der Waals surface area contributed by atoms with E-state index in [2.05, 4.69) is 24.2 Å². The Hall–Kier alpha value is -0.120. The summed E-state index contributed by atoms with van der Waals surface area (Å²) < 4.78 is 0. The molecular formula is C8H18N2O. The molecule has 0 amide bonds. The smallest absolute Gasteiger partial charge is 0.0556 e. The summed E-state index contributed by atoms with van der Waals surface area (Å²) in [5.41, 5.74) is 0. The Balaban J connectivity index is 2.23. The third-order valence-corrected chi connectivity index (χ3v) is 2.31. The molecule has 2 N–H and O–H groups in total. The highest BCUT2D eigenvalue weighted by Gasteiger charge is 2.25. The number of hydrogen-bond donors (Lipinski definition) is 2. The predicted molar refractivity (Wildman–Crippen MR) is 45.5 cm³/mol. The van der Waals surface area contributed by atoms with Gasteiger partial charge in [-0.05, 0) is 13.0 Å². The van der Waals surface area contributed by atoms with Crippen molar-refractivity contribution in [2.24, 2.45) is 5.92 Å². The summed E-state index contributed by atoms with van der Waals surface area (Å²) in [6.45, 7) is 5.50. The van der Waals surface area contributed by atoms with Crippen molar-refractivity contribution >= 4 is 0 Å². The minimum Gasteiger partial charge on any atom is -0.395 e. The van der Waals surface area contributed by atoms with E-state index in [-0.39, 0.29) is 6.61 Å². The Bertz CT molecular complexity index is 119. The van der Waals surface area contributed by atoms with Crippen molar-refractivity contribution < 1.29 is 5.11 Å². The molecular weight excluding hydrogens is 140 g/mol. The maximum atomic E-state index is 8.60. The molecule has 0 aliphatic carbocycles. The molecule has 1 heterocycles. The van der Waals surface area contributed by atoms with Crippen LogP contribution in [-0.4, -0.2) is 49.3 Å². The van der Waals surface area contributed by atoms with Crippen LogP contribution in [0.15, 0.2) is 0 Å². The van der Waals surface area contributed by atoms with Crippen molar-refractivity contribution in [3.05, 3.63) is 0 Å². The predicted octanol–water partition coefficient (Wildman–Crippen LogP) is -0.482. The van der Waals surface area contributed by atoms with Gasteiger partial charge in [0.25, 0.3) is 0 Å². The van der Waals surface area contributed by atoms with Crippen LogP contribution < -0.4 is 5.32 Å². The monoisotopic (exact) mass is 158 g/mol. The molecule has 3 heteroatoms. The first-order chi connectivity index (χ1) is 5.24. The lowest BCUT2D eigenvalue weighted by molar-refractivity contribution is 0.279. The Kier molecular flexibility index (Phi) is 3.30. The van der Waals surface area contributed by atoms with Crippen molar-refractivity contribution in [3.63, 3.8) is 0 Å². The second kappa shape index (κ2) is 4.04. The summed E-state index contributed by atoms with van der Waals surface area (Å²) >= 11 is 0. The Labute approximate surface area is 68.4 Å². The SMILES string of the molecule is CC1CN(C)CC1NCCO. The quantitative estimate of drug-likeness (QED) is 0.582. The van der Waals surface area contributed by atoms with Gasteiger partial charge in [0.2, 0.25) is 0 Å². The summed E-state index contributed by atoms with van der Waals surface area (Å²) in [6, 6.07) is 0.576. The molecule has 1 rings (SSSR count). The van der Waals surface area contributed by atoms with Crippen LogP contribution >= 0.6 is 0 Å². The van der Waals surface area contributed by atoms with Crippen molar-refractivity contribution in [2.75, 3.05) is 33.3 Å². The number of nitrogens with zero attached hydrogens (tertiary/aromatic N) is 1. The van der Waals surface area contributed by atoms with Crippen LogP contribution in [-0.2, 0) is 0 Å². The molecule has 1 aliphatic rings. The molecule has 2 atom stereocenters. The first kappa shape index (κ1) is 8.97. The molecule has 0 aromatic carbocycles. The van der Waals surface area contributed by atoms with E-state index >= 15 is 0 Å². The molecule has 2 unspecified atom stereocenters. The van der Waals surface area contributed by atoms with Crippen LogP contribution in [0.3, 0.4) is 0 Å². The lowest BCUT2D eigenvalue weighted by Gasteiger charge is -2.14. The highest BCUT2D eigenvalue weighted by Crippen LogP contribution is 2.13. The standard InChI is InChI=1S/C8H18N2O/c1-7-5-10(2)6-8(7)9-3-4-11/h7-9,11H,3-6H2,1-2H3. The molecule has 66 valence electrons. The third kappa shape index (κ3) is 2.43. The van der Waals surface area contributed by atoms with Gasteiger partial charge in [-0.3, -0.25) is 0 Å². The second-order valence-corrected chi connectivity index (χ2v) is 3.48. The zero-order chi connectivity index (χ0) is 8.27. The number of likely N-dealkylation sites (N-methyl/N-ethyl adjacent to an activating group) is 1. The number of nitrogens with one attached hydrogen (secondary N) is 1. The zero-order valence-corrected chi connectivity index (χ0v) is 7.38. The highest BCUT2D eigenvalue weighted by atomic mass is 16.3. The molecule has 11 heavy (non-hydrogen) atoms. The van der Waals surface area contributed by atoms with E-state index in [0.717, 1.165) is 13.1 Å². The van der Waals surface area contributed by atoms with Crippen molar-refractivity contribution in [3.8, 4) is 0 Å². The molecule has 0 spiro atoms. The van der Waals surface area contributed by atoms with E-state index < -0.39 is 0 Å². The van der Waals surface area contributed by atoms with E-state index in [1.165, 1.54) is 6.54 Å². The van der Waals surface area contributed by atoms with Gasteiger partial charge in [0.05, 0.1) is 6.61 Å². The summed E-state index contributed by atoms with van der Waals surface area (Å²) in [7, 11) is 2.14. The molecule has 0 radical (unpaired) electrons. The molecule has 1 saturated heterocycles. The summed E-state index contributed by atoms with van der Waals surface area (Å²) in [6.07, 6.45) is 0. The van der Waals surface area contributed by atoms with Gasteiger partial charge in [0.15, 0.2) is 0 Å². The van der Waals surface area contributed by atoms with Crippen LogP contribution in [0.4, 0.5) is 0 Å². The van der Waals surface area contributed by atoms with Crippen molar-refractivity contribution in [2.45, 2.75) is 13.0 Å². The largest absolute Gasteiger partial charge is 0.395 e. The van der Waals surface area contributed by atoms with E-state index in [1.807, 2.05) is 0 Å². The lowest BCUT2D eigenvalue weighted by Crippen LogP contribution is -2.36. The molecule has 0 saturated carbocycles. The number of likely N-dealkylation sites (tertiary alicyclic amines) is 1. The van der Waals surface area contributed by atoms with Crippen LogP contribution in [0.1, 0.15) is 6.92 Å². The van der Waals surface area contributed by atoms with Gasteiger partial charge in [-0.15, -0.1) is 0 Å². The van der Waals surface area contributed by atoms with Crippen LogP contribution in [0.2, 0.25) is 0 Å². The molecule has 1 fully saturated rings. The summed E-state index contributed by atoms with van der Waals surface area (Å²) in [4.78, 5) is 2.32. The Morgan fingerprint density at radius 1 is 1.55 bits per heavy atom. The molecule has 0 aromatic rings. The van der Waals surface area contributed by atoms with Crippen LogP contribution in [0.25, 0.3) is 0 Å². The van der Waals surface area contributed by atoms with E-state index in [0.29, 0.717) is 12.0 Å². The molecule has 0 bridgehead atoms. The van der Waals surface area contributed by atoms with E-state index in [1.54, 1.807) is 0 Å². The van der Waals surface area contributed by atoms with Gasteiger partial charge in [-0.2, -0.15) is 0 Å². The third-order valence-electron chi connectivity index (χ3n) is 2.31. The van der Waals surface area contributed by atoms with Crippen LogP contribution in [0, 0.1) is 5.92 Å². The van der Waals surface area contributed by atoms with Gasteiger partial charge in [0.1, 0.15) is 0 Å². The molecule has 3 nitrogen and oxygen atoms in total. The fraction of sp³-hybridized carbons (Fsp3) is 1.00. The van der Waals surface area contributed by atoms with Gasteiger partial charge in [-0.25, -0.2) is 0 Å². The van der Waals surface area contributed by atoms with Crippen molar-refractivity contribution in [1.29, 1.82) is 0 Å². The van der Waals surface area contributed by atoms with E-state index in [9.17, 15) is 0 Å². The first-order valence-electron chi connectivity index (χ1n) is 4.27. The Morgan fingerprint density at radius 2 is 2.27 bits per heavy atom. The minimum absolute atomic E-state index is 0.243. The zero-order valence-electron chi connectivity index (χ0n) is 7.38. The Morgan fingerprint density at radius 3 is 2.73 bits per heavy atom. The molecule has 0 aromatic heterocycles. The summed E-state index contributed by atoms with van der Waals surface area (Å²) in [5.74, 6) is 0.714. The number of aliphatic hydroxyl groups excluding tert-OH is 1. The lowest BCUT2D eigenvalue weighted by atomic mass is 10.1. The normalized spacial score (nSPS) is 33.0. The highest BCUT2D eigenvalue weighted by molar-refractivity contribution is 4.84. The number of aliphatic hydroxyl groups is 1. The number of rotatable bonds is 3. The first-order valence-corrected chi connectivity index (χ1v) is 4.27. The minimum atomic E-state index is 0.243. The fourth-order valence-electron chi connectivity index (χ4n) is 1.72. The fourth-order valence-corrected chi connectivity index (χ4v) is 1.72. The summed E-state index contributed by atoms with van der Waals surface area (Å²) in [5, 5.41) is 11.9. The average Bonchev–Trinajstić information content (AvgIpc) is 2.26. The maximum Gasteiger partial charge on any atom is 0.0556 e. The van der Waals surface area contributed by atoms with Crippen molar-refractivity contribution in [1.82, 2.24) is 10.2 Å². The average molecular weight is 158 g/mol. The second-order valence-electron chi connectivity index (χ2n) is 3.48. The van der Waals surface area contributed by atoms with Gasteiger partial charge >= 0.3 is 0 Å². The van der Waals surface area contributed by atoms with E-state index in [4.69, 9.17) is 5.11 Å². The van der Waals surface area contributed by atoms with Crippen LogP contribution in [0.5, 0.6) is 0 Å². The van der Waals surface area contributed by atoms with Gasteiger partial charge in [-0.1, -0.05) is 6.92 Å². The topological polar surface area (TPSA) is 35.5 Å². The van der Waals surface area contributed by atoms with Gasteiger partial charge < -0.3 is 15.3 Å². The number of hydrogen-bond acceptors (Lipinski definition) is 3. The van der Waals surface area contributed by atoms with Gasteiger partial charge in [0, 0.05) is 25.7 Å². The maximum absolute atomic E-state index is 8.60. The molecule has 1 aliphatic heterocycles.